The highest BCUT2D eigenvalue weighted by atomic mass is 16.3. The molecule has 0 fully saturated rings. The summed E-state index contributed by atoms with van der Waals surface area (Å²) in [4.78, 5) is 29.6. The van der Waals surface area contributed by atoms with Crippen LogP contribution >= 0.6 is 0 Å². The predicted octanol–water partition coefficient (Wildman–Crippen LogP) is 9.32. The van der Waals surface area contributed by atoms with Crippen molar-refractivity contribution < 1.29 is 9.90 Å². The summed E-state index contributed by atoms with van der Waals surface area (Å²) in [5.41, 5.74) is 1.90. The number of nitrogens with zero attached hydrogens (tertiary/aromatic N) is 5. The van der Waals surface area contributed by atoms with Crippen LogP contribution in [0, 0.1) is 37.0 Å². The lowest BCUT2D eigenvalue weighted by molar-refractivity contribution is 0.0685. The van der Waals surface area contributed by atoms with E-state index in [9.17, 15) is 20.0 Å². The number of amides is 1. The van der Waals surface area contributed by atoms with E-state index in [1.807, 2.05) is 30.0 Å². The minimum Gasteiger partial charge on any atom is -0.493 e. The summed E-state index contributed by atoms with van der Waals surface area (Å²) >= 11 is 0. The van der Waals surface area contributed by atoms with Crippen LogP contribution in [-0.2, 0) is 0 Å². The van der Waals surface area contributed by atoms with Crippen LogP contribution in [0.1, 0.15) is 106 Å². The second-order valence-electron chi connectivity index (χ2n) is 12.1. The van der Waals surface area contributed by atoms with E-state index in [1.54, 1.807) is 43.3 Å². The highest BCUT2D eigenvalue weighted by Crippen LogP contribution is 2.29. The first-order valence-corrected chi connectivity index (χ1v) is 16.5. The Morgan fingerprint density at radius 3 is 2.07 bits per heavy atom. The molecule has 0 aliphatic carbocycles. The lowest BCUT2D eigenvalue weighted by atomic mass is 9.95. The molecule has 0 bridgehead atoms. The molecule has 0 radical (unpaired) electrons. The first kappa shape index (κ1) is 35.2. The fraction of sp³-hybridized carbons (Fsp3) is 0.486. The highest BCUT2D eigenvalue weighted by molar-refractivity contribution is 5.95. The summed E-state index contributed by atoms with van der Waals surface area (Å²) in [5.74, 6) is 0.432. The number of rotatable bonds is 16. The quantitative estimate of drug-likeness (QED) is 0.163. The summed E-state index contributed by atoms with van der Waals surface area (Å²) in [6.07, 6.45) is 8.84. The van der Waals surface area contributed by atoms with Gasteiger partial charge in [-0.1, -0.05) is 90.0 Å². The van der Waals surface area contributed by atoms with Crippen LogP contribution in [0.4, 0.5) is 11.4 Å². The zero-order chi connectivity index (χ0) is 32.9. The number of carbonyl (C=O) groups is 1. The molecule has 2 atom stereocenters. The Hall–Kier alpha value is -4.25. The second kappa shape index (κ2) is 17.3. The molecule has 240 valence electrons. The summed E-state index contributed by atoms with van der Waals surface area (Å²) in [5, 5.41) is 29.2. The van der Waals surface area contributed by atoms with Gasteiger partial charge in [-0.2, -0.15) is 10.4 Å². The average Bonchev–Trinajstić information content (AvgIpc) is 3.04. The van der Waals surface area contributed by atoms with Gasteiger partial charge in [-0.25, -0.2) is 4.57 Å². The number of unbranched alkanes of at least 4 members (excludes halogenated alkanes) is 2. The number of nitriles is 1. The van der Waals surface area contributed by atoms with Crippen molar-refractivity contribution in [1.29, 1.82) is 5.26 Å². The van der Waals surface area contributed by atoms with Crippen molar-refractivity contribution >= 4 is 17.3 Å². The molecule has 45 heavy (non-hydrogen) atoms. The van der Waals surface area contributed by atoms with Crippen LogP contribution in [0.15, 0.2) is 63.6 Å². The number of aryl methyl sites for hydroxylation is 1. The third kappa shape index (κ3) is 9.13. The van der Waals surface area contributed by atoms with Gasteiger partial charge in [-0.05, 0) is 68.9 Å². The molecule has 0 saturated heterocycles. The van der Waals surface area contributed by atoms with Crippen LogP contribution in [0.25, 0.3) is 5.69 Å². The van der Waals surface area contributed by atoms with E-state index in [-0.39, 0.29) is 22.7 Å². The minimum atomic E-state index is -0.592. The Morgan fingerprint density at radius 1 is 0.933 bits per heavy atom. The largest absolute Gasteiger partial charge is 0.493 e. The number of aromatic hydroxyl groups is 1. The predicted molar refractivity (Wildman–Crippen MR) is 181 cm³/mol. The van der Waals surface area contributed by atoms with Crippen molar-refractivity contribution in [1.82, 2.24) is 9.47 Å². The van der Waals surface area contributed by atoms with Gasteiger partial charge in [-0.3, -0.25) is 9.59 Å². The number of azo groups is 1. The molecular formula is C37H49N5O3. The Morgan fingerprint density at radius 2 is 1.53 bits per heavy atom. The normalized spacial score (nSPS) is 12.6. The van der Waals surface area contributed by atoms with Gasteiger partial charge < -0.3 is 10.0 Å². The smallest absolute Gasteiger partial charge is 0.286 e. The Balaban J connectivity index is 1.98. The SMILES string of the molecule is CCCCC(CC)CN(CC(CC)CCCC)C(=O)c1cccc(N=Nc2c(C)c(C#N)c(O)n(-c3ccc(C)cc3)c2=O)c1. The Kier molecular flexibility index (Phi) is 13.5. The third-order valence-corrected chi connectivity index (χ3v) is 8.66. The molecule has 0 spiro atoms. The van der Waals surface area contributed by atoms with Crippen molar-refractivity contribution in [2.45, 2.75) is 92.9 Å². The molecular weight excluding hydrogens is 562 g/mol. The molecule has 0 aliphatic heterocycles. The topological polar surface area (TPSA) is 111 Å². The van der Waals surface area contributed by atoms with E-state index in [0.717, 1.165) is 74.6 Å². The van der Waals surface area contributed by atoms with Gasteiger partial charge in [0.2, 0.25) is 5.88 Å². The molecule has 3 rings (SSSR count). The van der Waals surface area contributed by atoms with Crippen molar-refractivity contribution in [3.63, 3.8) is 0 Å². The van der Waals surface area contributed by atoms with Gasteiger partial charge in [0, 0.05) is 24.2 Å². The summed E-state index contributed by atoms with van der Waals surface area (Å²) in [7, 11) is 0. The standard InChI is InChI=1S/C37H49N5O3/c1-7-11-14-28(9-3)24-41(25-29(10-4)15-12-8-2)35(43)30-16-13-17-31(22-30)39-40-34-27(6)33(23-38)36(44)42(37(34)45)32-20-18-26(5)19-21-32/h13,16-22,28-29,44H,7-12,14-15,24-25H2,1-6H3. The first-order chi connectivity index (χ1) is 21.7. The molecule has 2 unspecified atom stereocenters. The van der Waals surface area contributed by atoms with Crippen molar-refractivity contribution in [2.75, 3.05) is 13.1 Å². The van der Waals surface area contributed by atoms with Gasteiger partial charge in [0.15, 0.2) is 5.69 Å². The van der Waals surface area contributed by atoms with Gasteiger partial charge in [0.05, 0.1) is 11.4 Å². The third-order valence-electron chi connectivity index (χ3n) is 8.66. The van der Waals surface area contributed by atoms with Crippen LogP contribution in [0.3, 0.4) is 0 Å². The monoisotopic (exact) mass is 611 g/mol. The van der Waals surface area contributed by atoms with Crippen molar-refractivity contribution in [3.05, 3.63) is 81.1 Å². The first-order valence-electron chi connectivity index (χ1n) is 16.5. The zero-order valence-electron chi connectivity index (χ0n) is 27.8. The average molecular weight is 612 g/mol. The number of benzene rings is 2. The maximum atomic E-state index is 14.0. The molecule has 0 saturated carbocycles. The fourth-order valence-corrected chi connectivity index (χ4v) is 5.64. The highest BCUT2D eigenvalue weighted by Gasteiger charge is 2.23. The molecule has 8 heteroatoms. The Bertz CT molecular complexity index is 1530. The van der Waals surface area contributed by atoms with Crippen LogP contribution in [0.5, 0.6) is 5.88 Å². The lowest BCUT2D eigenvalue weighted by Gasteiger charge is -2.31. The maximum Gasteiger partial charge on any atom is 0.286 e. The maximum absolute atomic E-state index is 14.0. The van der Waals surface area contributed by atoms with E-state index >= 15 is 0 Å². The summed E-state index contributed by atoms with van der Waals surface area (Å²) in [6, 6.07) is 16.0. The molecule has 3 aromatic rings. The fourth-order valence-electron chi connectivity index (χ4n) is 5.64. The molecule has 1 aromatic heterocycles. The molecule has 2 aromatic carbocycles. The zero-order valence-corrected chi connectivity index (χ0v) is 27.8. The van der Waals surface area contributed by atoms with Crippen LogP contribution in [0.2, 0.25) is 0 Å². The minimum absolute atomic E-state index is 0.0220. The number of pyridine rings is 1. The lowest BCUT2D eigenvalue weighted by Crippen LogP contribution is -2.39. The van der Waals surface area contributed by atoms with Gasteiger partial charge >= 0.3 is 0 Å². The van der Waals surface area contributed by atoms with E-state index < -0.39 is 11.4 Å². The molecule has 1 N–H and O–H groups in total. The van der Waals surface area contributed by atoms with E-state index in [1.165, 1.54) is 0 Å². The Labute approximate surface area is 268 Å². The second-order valence-corrected chi connectivity index (χ2v) is 12.1. The van der Waals surface area contributed by atoms with Crippen molar-refractivity contribution in [3.8, 4) is 17.6 Å². The van der Waals surface area contributed by atoms with Crippen molar-refractivity contribution in [2.24, 2.45) is 22.1 Å². The van der Waals surface area contributed by atoms with E-state index in [4.69, 9.17) is 0 Å². The number of aromatic nitrogens is 1. The number of hydrogen-bond acceptors (Lipinski definition) is 6. The van der Waals surface area contributed by atoms with E-state index in [0.29, 0.717) is 28.8 Å². The number of hydrogen-bond donors (Lipinski definition) is 1. The summed E-state index contributed by atoms with van der Waals surface area (Å²) < 4.78 is 1.07. The van der Waals surface area contributed by atoms with Gasteiger partial charge in [0.25, 0.3) is 11.5 Å². The van der Waals surface area contributed by atoms with Crippen LogP contribution < -0.4 is 5.56 Å². The number of carbonyl (C=O) groups excluding carboxylic acids is 1. The van der Waals surface area contributed by atoms with Gasteiger partial charge in [0.1, 0.15) is 11.6 Å². The van der Waals surface area contributed by atoms with Crippen LogP contribution in [-0.4, -0.2) is 33.6 Å². The summed E-state index contributed by atoms with van der Waals surface area (Å²) in [6.45, 7) is 13.7. The molecule has 1 heterocycles. The van der Waals surface area contributed by atoms with Gasteiger partial charge in [-0.15, -0.1) is 5.11 Å². The molecule has 1 amide bonds. The van der Waals surface area contributed by atoms with E-state index in [2.05, 4.69) is 37.9 Å². The molecule has 0 aliphatic rings. The molecule has 8 nitrogen and oxygen atoms in total.